The topological polar surface area (TPSA) is 56.8 Å². The van der Waals surface area contributed by atoms with Crippen LogP contribution in [0.2, 0.25) is 0 Å². The Bertz CT molecular complexity index is 590. The molecule has 1 aromatic rings. The van der Waals surface area contributed by atoms with Crippen molar-refractivity contribution in [3.8, 4) is 0 Å². The third-order valence-corrected chi connectivity index (χ3v) is 4.93. The van der Waals surface area contributed by atoms with E-state index in [4.69, 9.17) is 0 Å². The third kappa shape index (κ3) is 3.02. The van der Waals surface area contributed by atoms with Gasteiger partial charge in [0, 0.05) is 52.7 Å². The minimum absolute atomic E-state index is 0.00239. The van der Waals surface area contributed by atoms with Gasteiger partial charge in [0.25, 0.3) is 0 Å². The maximum Gasteiger partial charge on any atom is 0.319 e. The van der Waals surface area contributed by atoms with Gasteiger partial charge in [-0.1, -0.05) is 6.07 Å². The molecular formula is C17H24N4O2. The molecule has 124 valence electrons. The summed E-state index contributed by atoms with van der Waals surface area (Å²) < 4.78 is 0. The average molecular weight is 316 g/mol. The van der Waals surface area contributed by atoms with Crippen LogP contribution in [-0.4, -0.2) is 65.4 Å². The molecule has 0 aromatic carbocycles. The van der Waals surface area contributed by atoms with Gasteiger partial charge in [0.05, 0.1) is 5.41 Å². The van der Waals surface area contributed by atoms with E-state index < -0.39 is 0 Å². The van der Waals surface area contributed by atoms with Gasteiger partial charge >= 0.3 is 6.03 Å². The van der Waals surface area contributed by atoms with Gasteiger partial charge in [-0.3, -0.25) is 9.78 Å². The summed E-state index contributed by atoms with van der Waals surface area (Å²) in [5.41, 5.74) is 0.668. The van der Waals surface area contributed by atoms with Crippen molar-refractivity contribution >= 4 is 11.9 Å². The molecule has 3 heterocycles. The van der Waals surface area contributed by atoms with Gasteiger partial charge in [-0.15, -0.1) is 0 Å². The Morgan fingerprint density at radius 1 is 1.35 bits per heavy atom. The van der Waals surface area contributed by atoms with Crippen LogP contribution in [0.4, 0.5) is 4.79 Å². The van der Waals surface area contributed by atoms with Crippen molar-refractivity contribution in [2.24, 2.45) is 5.41 Å². The van der Waals surface area contributed by atoms with E-state index in [-0.39, 0.29) is 17.4 Å². The van der Waals surface area contributed by atoms with Gasteiger partial charge in [-0.2, -0.15) is 0 Å². The van der Waals surface area contributed by atoms with E-state index >= 15 is 0 Å². The highest BCUT2D eigenvalue weighted by Gasteiger charge is 2.49. The lowest BCUT2D eigenvalue weighted by Gasteiger charge is -2.39. The standard InChI is InChI=1S/C17H24N4O2/c1-19(2)16(23)21-9-4-6-17(13-21)7-10-20(15(17)22)12-14-5-3-8-18-11-14/h3,5,8,11H,4,6-7,9-10,12-13H2,1-2H3. The molecule has 0 radical (unpaired) electrons. The van der Waals surface area contributed by atoms with Crippen molar-refractivity contribution < 1.29 is 9.59 Å². The number of hydrogen-bond acceptors (Lipinski definition) is 3. The van der Waals surface area contributed by atoms with Crippen LogP contribution in [0.3, 0.4) is 0 Å². The Morgan fingerprint density at radius 3 is 2.87 bits per heavy atom. The lowest BCUT2D eigenvalue weighted by atomic mass is 9.78. The molecule has 0 aliphatic carbocycles. The molecule has 1 unspecified atom stereocenters. The summed E-state index contributed by atoms with van der Waals surface area (Å²) in [6.07, 6.45) is 6.16. The van der Waals surface area contributed by atoms with Gasteiger partial charge in [-0.05, 0) is 30.9 Å². The number of hydrogen-bond donors (Lipinski definition) is 0. The molecule has 2 aliphatic rings. The Labute approximate surface area is 137 Å². The van der Waals surface area contributed by atoms with Crippen molar-refractivity contribution in [3.63, 3.8) is 0 Å². The molecule has 1 atom stereocenters. The SMILES string of the molecule is CN(C)C(=O)N1CCCC2(CCN(Cc3cccnc3)C2=O)C1. The van der Waals surface area contributed by atoms with Crippen LogP contribution in [0, 0.1) is 5.41 Å². The van der Waals surface area contributed by atoms with Crippen LogP contribution in [0.5, 0.6) is 0 Å². The number of rotatable bonds is 2. The summed E-state index contributed by atoms with van der Waals surface area (Å²) >= 11 is 0. The fourth-order valence-corrected chi connectivity index (χ4v) is 3.71. The van der Waals surface area contributed by atoms with Crippen LogP contribution in [0.15, 0.2) is 24.5 Å². The number of urea groups is 1. The van der Waals surface area contributed by atoms with Crippen molar-refractivity contribution in [1.29, 1.82) is 0 Å². The second-order valence-corrected chi connectivity index (χ2v) is 6.82. The summed E-state index contributed by atoms with van der Waals surface area (Å²) in [4.78, 5) is 34.7. The Morgan fingerprint density at radius 2 is 2.17 bits per heavy atom. The van der Waals surface area contributed by atoms with Crippen molar-refractivity contribution in [3.05, 3.63) is 30.1 Å². The second kappa shape index (κ2) is 6.18. The average Bonchev–Trinajstić information content (AvgIpc) is 2.84. The van der Waals surface area contributed by atoms with E-state index in [1.54, 1.807) is 31.4 Å². The maximum absolute atomic E-state index is 13.0. The summed E-state index contributed by atoms with van der Waals surface area (Å²) in [5.74, 6) is 0.192. The summed E-state index contributed by atoms with van der Waals surface area (Å²) in [6.45, 7) is 2.66. The first kappa shape index (κ1) is 15.8. The molecule has 2 aliphatic heterocycles. The number of amides is 3. The first-order valence-corrected chi connectivity index (χ1v) is 8.16. The summed E-state index contributed by atoms with van der Waals surface area (Å²) in [6, 6.07) is 3.89. The number of carbonyl (C=O) groups is 2. The highest BCUT2D eigenvalue weighted by molar-refractivity contribution is 5.86. The van der Waals surface area contributed by atoms with E-state index in [2.05, 4.69) is 4.98 Å². The number of pyridine rings is 1. The van der Waals surface area contributed by atoms with Crippen molar-refractivity contribution in [2.45, 2.75) is 25.8 Å². The molecule has 2 saturated heterocycles. The minimum atomic E-state index is -0.383. The molecule has 0 bridgehead atoms. The third-order valence-electron chi connectivity index (χ3n) is 4.93. The van der Waals surface area contributed by atoms with E-state index in [0.29, 0.717) is 13.1 Å². The smallest absolute Gasteiger partial charge is 0.319 e. The Hall–Kier alpha value is -2.11. The molecule has 3 amide bonds. The van der Waals surface area contributed by atoms with Crippen LogP contribution in [0.25, 0.3) is 0 Å². The fraction of sp³-hybridized carbons (Fsp3) is 0.588. The van der Waals surface area contributed by atoms with E-state index in [0.717, 1.165) is 37.9 Å². The zero-order valence-corrected chi connectivity index (χ0v) is 13.9. The zero-order valence-electron chi connectivity index (χ0n) is 13.9. The lowest BCUT2D eigenvalue weighted by Crippen LogP contribution is -2.52. The summed E-state index contributed by atoms with van der Waals surface area (Å²) in [5, 5.41) is 0. The highest BCUT2D eigenvalue weighted by Crippen LogP contribution is 2.40. The molecule has 1 aromatic heterocycles. The van der Waals surface area contributed by atoms with Gasteiger partial charge in [0.15, 0.2) is 0 Å². The normalized spacial score (nSPS) is 24.3. The Balaban J connectivity index is 1.71. The van der Waals surface area contributed by atoms with E-state index in [1.807, 2.05) is 21.9 Å². The molecule has 0 N–H and O–H groups in total. The van der Waals surface area contributed by atoms with Gasteiger partial charge in [0.1, 0.15) is 0 Å². The monoisotopic (exact) mass is 316 g/mol. The maximum atomic E-state index is 13.0. The van der Waals surface area contributed by atoms with Crippen LogP contribution in [0.1, 0.15) is 24.8 Å². The molecule has 1 spiro atoms. The number of likely N-dealkylation sites (tertiary alicyclic amines) is 2. The number of nitrogens with zero attached hydrogens (tertiary/aromatic N) is 4. The Kier molecular flexibility index (Phi) is 4.24. The fourth-order valence-electron chi connectivity index (χ4n) is 3.71. The molecule has 6 nitrogen and oxygen atoms in total. The van der Waals surface area contributed by atoms with E-state index in [1.165, 1.54) is 0 Å². The predicted octanol–water partition coefficient (Wildman–Crippen LogP) is 1.58. The largest absolute Gasteiger partial charge is 0.338 e. The van der Waals surface area contributed by atoms with Gasteiger partial charge in [0.2, 0.25) is 5.91 Å². The molecular weight excluding hydrogens is 292 g/mol. The molecule has 23 heavy (non-hydrogen) atoms. The zero-order chi connectivity index (χ0) is 16.4. The van der Waals surface area contributed by atoms with Crippen LogP contribution < -0.4 is 0 Å². The first-order valence-electron chi connectivity index (χ1n) is 8.16. The predicted molar refractivity (Wildman–Crippen MR) is 86.6 cm³/mol. The van der Waals surface area contributed by atoms with Gasteiger partial charge in [-0.25, -0.2) is 4.79 Å². The van der Waals surface area contributed by atoms with Crippen LogP contribution in [-0.2, 0) is 11.3 Å². The van der Waals surface area contributed by atoms with Gasteiger partial charge < -0.3 is 14.7 Å². The molecule has 3 rings (SSSR count). The minimum Gasteiger partial charge on any atom is -0.338 e. The highest BCUT2D eigenvalue weighted by atomic mass is 16.2. The first-order chi connectivity index (χ1) is 11.0. The van der Waals surface area contributed by atoms with Crippen molar-refractivity contribution in [1.82, 2.24) is 19.7 Å². The molecule has 2 fully saturated rings. The lowest BCUT2D eigenvalue weighted by molar-refractivity contribution is -0.138. The van der Waals surface area contributed by atoms with Crippen LogP contribution >= 0.6 is 0 Å². The second-order valence-electron chi connectivity index (χ2n) is 6.82. The number of carbonyl (C=O) groups excluding carboxylic acids is 2. The summed E-state index contributed by atoms with van der Waals surface area (Å²) in [7, 11) is 3.52. The molecule has 0 saturated carbocycles. The van der Waals surface area contributed by atoms with Crippen molar-refractivity contribution in [2.75, 3.05) is 33.7 Å². The number of aromatic nitrogens is 1. The number of piperidine rings is 1. The quantitative estimate of drug-likeness (QED) is 0.832. The molecule has 6 heteroatoms. The van der Waals surface area contributed by atoms with E-state index in [9.17, 15) is 9.59 Å².